The van der Waals surface area contributed by atoms with Gasteiger partial charge in [0.15, 0.2) is 5.82 Å². The van der Waals surface area contributed by atoms with Crippen LogP contribution in [0, 0.1) is 5.41 Å². The lowest BCUT2D eigenvalue weighted by Crippen LogP contribution is -2.00. The molecule has 4 N–H and O–H groups in total. The molecule has 0 unspecified atom stereocenters. The Hall–Kier alpha value is -4.53. The van der Waals surface area contributed by atoms with E-state index in [2.05, 4.69) is 15.4 Å². The van der Waals surface area contributed by atoms with Crippen molar-refractivity contribution in [3.05, 3.63) is 66.1 Å². The number of aromatic nitrogens is 6. The molecule has 3 aromatic heterocycles. The number of allylic oxidation sites excluding steroid dienone is 2. The fourth-order valence-electron chi connectivity index (χ4n) is 4.12. The fraction of sp³-hybridized carbons (Fsp3) is 0.160. The summed E-state index contributed by atoms with van der Waals surface area (Å²) in [5.74, 6) is 1.17. The first-order valence-electron chi connectivity index (χ1n) is 11.0. The normalized spacial score (nSPS) is 12.2. The van der Waals surface area contributed by atoms with E-state index in [0.29, 0.717) is 23.0 Å². The van der Waals surface area contributed by atoms with Gasteiger partial charge in [-0.2, -0.15) is 10.2 Å². The van der Waals surface area contributed by atoms with Crippen molar-refractivity contribution in [2.45, 2.75) is 20.4 Å². The lowest BCUT2D eigenvalue weighted by atomic mass is 10.0. The maximum atomic E-state index is 7.66. The third kappa shape index (κ3) is 3.66. The number of nitrogens with two attached hydrogens (primary N) is 1. The first kappa shape index (κ1) is 21.3. The van der Waals surface area contributed by atoms with Crippen LogP contribution < -0.4 is 11.1 Å². The molecule has 0 bridgehead atoms. The molecule has 0 aliphatic heterocycles. The molecule has 2 aromatic carbocycles. The molecule has 0 amide bonds. The second-order valence-corrected chi connectivity index (χ2v) is 8.06. The second-order valence-electron chi connectivity index (χ2n) is 8.06. The first-order valence-corrected chi connectivity index (χ1v) is 11.0. The molecule has 170 valence electrons. The van der Waals surface area contributed by atoms with Gasteiger partial charge in [0.25, 0.3) is 0 Å². The predicted molar refractivity (Wildman–Crippen MR) is 136 cm³/mol. The Bertz CT molecular complexity index is 1550. The van der Waals surface area contributed by atoms with Crippen LogP contribution in [0.5, 0.6) is 0 Å². The molecule has 0 atom stereocenters. The zero-order valence-corrected chi connectivity index (χ0v) is 19.2. The van der Waals surface area contributed by atoms with Crippen molar-refractivity contribution in [3.63, 3.8) is 0 Å². The third-order valence-corrected chi connectivity index (χ3v) is 5.79. The highest BCUT2D eigenvalue weighted by molar-refractivity contribution is 6.11. The van der Waals surface area contributed by atoms with Gasteiger partial charge in [-0.05, 0) is 31.5 Å². The minimum atomic E-state index is 0.477. The number of nitrogens with zero attached hydrogens (tertiary/aromatic N) is 6. The van der Waals surface area contributed by atoms with Gasteiger partial charge in [-0.15, -0.1) is 0 Å². The van der Waals surface area contributed by atoms with Gasteiger partial charge < -0.3 is 16.5 Å². The molecule has 0 fully saturated rings. The van der Waals surface area contributed by atoms with E-state index >= 15 is 0 Å². The summed E-state index contributed by atoms with van der Waals surface area (Å²) < 4.78 is 3.72. The Balaban J connectivity index is 1.63. The third-order valence-electron chi connectivity index (χ3n) is 5.79. The molecule has 3 heterocycles. The van der Waals surface area contributed by atoms with Crippen LogP contribution in [0.4, 0.5) is 11.8 Å². The minimum Gasteiger partial charge on any atom is -0.402 e. The van der Waals surface area contributed by atoms with Gasteiger partial charge >= 0.3 is 0 Å². The maximum Gasteiger partial charge on any atom is 0.228 e. The van der Waals surface area contributed by atoms with Crippen LogP contribution in [0.2, 0.25) is 0 Å². The molecule has 5 rings (SSSR count). The van der Waals surface area contributed by atoms with Crippen molar-refractivity contribution in [2.24, 2.45) is 12.8 Å². The lowest BCUT2D eigenvalue weighted by molar-refractivity contribution is 0.662. The molecule has 0 spiro atoms. The van der Waals surface area contributed by atoms with Gasteiger partial charge in [0.1, 0.15) is 0 Å². The average molecular weight is 452 g/mol. The molecule has 34 heavy (non-hydrogen) atoms. The highest BCUT2D eigenvalue weighted by Gasteiger charge is 2.16. The van der Waals surface area contributed by atoms with Crippen molar-refractivity contribution in [3.8, 4) is 11.3 Å². The number of aryl methyl sites for hydroxylation is 2. The van der Waals surface area contributed by atoms with Crippen molar-refractivity contribution in [2.75, 3.05) is 5.32 Å². The number of fused-ring (bicyclic) bond motifs is 3. The van der Waals surface area contributed by atoms with E-state index < -0.39 is 0 Å². The van der Waals surface area contributed by atoms with E-state index in [1.807, 2.05) is 78.2 Å². The van der Waals surface area contributed by atoms with Gasteiger partial charge in [0.2, 0.25) is 5.95 Å². The van der Waals surface area contributed by atoms with E-state index in [-0.39, 0.29) is 0 Å². The first-order chi connectivity index (χ1) is 16.5. The highest BCUT2D eigenvalue weighted by atomic mass is 15.3. The molecule has 0 aliphatic rings. The minimum absolute atomic E-state index is 0.477. The number of rotatable bonds is 6. The van der Waals surface area contributed by atoms with E-state index in [1.54, 1.807) is 6.92 Å². The Kier molecular flexibility index (Phi) is 5.29. The zero-order valence-electron chi connectivity index (χ0n) is 19.2. The van der Waals surface area contributed by atoms with Crippen LogP contribution in [0.15, 0.2) is 60.6 Å². The standard InChI is InChI=1S/C25H25N9/c1-4-34-12-11-21(32-34)29-25-28-14-18-9-10-20-22(23(18)30-25)24(33(3)31-20)17-7-5-16(6-8-17)19(13-26)15(2)27/h5-14,26H,4,27H2,1-3H3,(H,28,29,30,32). The molecule has 5 aromatic rings. The molecular formula is C25H25N9. The van der Waals surface area contributed by atoms with E-state index in [0.717, 1.165) is 45.2 Å². The summed E-state index contributed by atoms with van der Waals surface area (Å²) in [7, 11) is 1.93. The Morgan fingerprint density at radius 1 is 1.12 bits per heavy atom. The zero-order chi connectivity index (χ0) is 23.8. The van der Waals surface area contributed by atoms with Gasteiger partial charge in [0, 0.05) is 60.5 Å². The molecule has 0 radical (unpaired) electrons. The van der Waals surface area contributed by atoms with Crippen molar-refractivity contribution < 1.29 is 0 Å². The largest absolute Gasteiger partial charge is 0.402 e. The fourth-order valence-corrected chi connectivity index (χ4v) is 4.12. The van der Waals surface area contributed by atoms with Gasteiger partial charge in [-0.1, -0.05) is 24.3 Å². The molecule has 0 aliphatic carbocycles. The molecule has 9 heteroatoms. The van der Waals surface area contributed by atoms with Crippen LogP contribution in [-0.4, -0.2) is 35.7 Å². The summed E-state index contributed by atoms with van der Waals surface area (Å²) in [6.45, 7) is 4.63. The summed E-state index contributed by atoms with van der Waals surface area (Å²) >= 11 is 0. The smallest absolute Gasteiger partial charge is 0.228 e. The Morgan fingerprint density at radius 2 is 1.91 bits per heavy atom. The lowest BCUT2D eigenvalue weighted by Gasteiger charge is -2.09. The van der Waals surface area contributed by atoms with E-state index in [4.69, 9.17) is 21.2 Å². The van der Waals surface area contributed by atoms with Crippen molar-refractivity contribution >= 4 is 45.4 Å². The van der Waals surface area contributed by atoms with Gasteiger partial charge in [-0.3, -0.25) is 9.36 Å². The van der Waals surface area contributed by atoms with Crippen LogP contribution in [-0.2, 0) is 13.6 Å². The second kappa shape index (κ2) is 8.43. The van der Waals surface area contributed by atoms with Crippen LogP contribution >= 0.6 is 0 Å². The summed E-state index contributed by atoms with van der Waals surface area (Å²) in [5, 5.41) is 21.9. The summed E-state index contributed by atoms with van der Waals surface area (Å²) in [6, 6.07) is 13.9. The summed E-state index contributed by atoms with van der Waals surface area (Å²) in [4.78, 5) is 9.31. The Labute approximate surface area is 196 Å². The van der Waals surface area contributed by atoms with Gasteiger partial charge in [-0.25, -0.2) is 9.97 Å². The summed E-state index contributed by atoms with van der Waals surface area (Å²) in [5.41, 5.74) is 11.8. The van der Waals surface area contributed by atoms with Crippen LogP contribution in [0.25, 0.3) is 38.6 Å². The number of hydrogen-bond donors (Lipinski definition) is 3. The maximum absolute atomic E-state index is 7.66. The van der Waals surface area contributed by atoms with Crippen molar-refractivity contribution in [1.29, 1.82) is 5.41 Å². The average Bonchev–Trinajstić information content (AvgIpc) is 3.43. The quantitative estimate of drug-likeness (QED) is 0.327. The topological polar surface area (TPSA) is 123 Å². The molecule has 0 saturated carbocycles. The Morgan fingerprint density at radius 3 is 2.59 bits per heavy atom. The molecule has 9 nitrogen and oxygen atoms in total. The number of nitrogens with one attached hydrogen (secondary N) is 2. The molecule has 0 saturated heterocycles. The predicted octanol–water partition coefficient (Wildman–Crippen LogP) is 4.48. The highest BCUT2D eigenvalue weighted by Crippen LogP contribution is 2.34. The van der Waals surface area contributed by atoms with Gasteiger partial charge in [0.05, 0.1) is 22.1 Å². The monoisotopic (exact) mass is 451 g/mol. The van der Waals surface area contributed by atoms with Crippen LogP contribution in [0.3, 0.4) is 0 Å². The SMILES string of the molecule is CCn1ccc(Nc2ncc3ccc4nn(C)c(-c5ccc(C(C=N)=C(C)N)cc5)c4c3n2)n1. The number of benzene rings is 2. The summed E-state index contributed by atoms with van der Waals surface area (Å²) in [6.07, 6.45) is 5.01. The number of anilines is 2. The number of hydrogen-bond acceptors (Lipinski definition) is 7. The van der Waals surface area contributed by atoms with E-state index in [9.17, 15) is 0 Å². The van der Waals surface area contributed by atoms with E-state index in [1.165, 1.54) is 6.21 Å². The van der Waals surface area contributed by atoms with Crippen molar-refractivity contribution in [1.82, 2.24) is 29.5 Å². The molecular weight excluding hydrogens is 426 g/mol. The van der Waals surface area contributed by atoms with Crippen LogP contribution in [0.1, 0.15) is 19.4 Å².